The molecule has 2 aliphatic rings. The molecule has 1 amide bonds. The van der Waals surface area contributed by atoms with E-state index < -0.39 is 24.3 Å². The molecule has 7 nitrogen and oxygen atoms in total. The molecule has 174 valence electrons. The lowest BCUT2D eigenvalue weighted by atomic mass is 10.1. The molecule has 1 atom stereocenters. The normalized spacial score (nSPS) is 19.3. The first-order valence-electron chi connectivity index (χ1n) is 10.5. The van der Waals surface area contributed by atoms with Crippen molar-refractivity contribution in [2.75, 3.05) is 13.2 Å². The average molecular weight is 480 g/mol. The molecular formula is C22H21ClF3N5O2. The molecule has 1 saturated heterocycles. The molecule has 1 N–H and O–H groups in total. The van der Waals surface area contributed by atoms with Crippen LogP contribution in [-0.2, 0) is 13.1 Å². The molecule has 4 heterocycles. The van der Waals surface area contributed by atoms with Crippen molar-refractivity contribution >= 4 is 23.2 Å². The zero-order chi connectivity index (χ0) is 23.5. The van der Waals surface area contributed by atoms with Crippen molar-refractivity contribution in [2.45, 2.75) is 45.3 Å². The third-order valence-corrected chi connectivity index (χ3v) is 6.60. The summed E-state index contributed by atoms with van der Waals surface area (Å²) in [5.41, 5.74) is 3.78. The fraction of sp³-hybridized carbons (Fsp3) is 0.409. The average Bonchev–Trinajstić information content (AvgIpc) is 3.43. The second-order valence-corrected chi connectivity index (χ2v) is 8.89. The zero-order valence-electron chi connectivity index (χ0n) is 18.0. The number of carbonyl (C=O) groups excluding carboxylic acids is 1. The highest BCUT2D eigenvalue weighted by molar-refractivity contribution is 6.31. The minimum atomic E-state index is -2.80. The SMILES string of the molecule is Cc1nc2c3c(nn2c(C)c1Cl)CN(C(=O)c1ccc(F)cc1OC[C@H]1CC(F)(F)CN1)C3. The van der Waals surface area contributed by atoms with Gasteiger partial charge in [-0.25, -0.2) is 22.7 Å². The van der Waals surface area contributed by atoms with Gasteiger partial charge in [-0.15, -0.1) is 0 Å². The van der Waals surface area contributed by atoms with Crippen molar-refractivity contribution in [3.05, 3.63) is 57.2 Å². The molecular weight excluding hydrogens is 459 g/mol. The minimum Gasteiger partial charge on any atom is -0.491 e. The number of aryl methyl sites for hydroxylation is 2. The first-order valence-corrected chi connectivity index (χ1v) is 10.9. The third-order valence-electron chi connectivity index (χ3n) is 6.05. The summed E-state index contributed by atoms with van der Waals surface area (Å²) in [6, 6.07) is 3.04. The molecule has 1 fully saturated rings. The number of alkyl halides is 2. The first kappa shape index (κ1) is 22.0. The van der Waals surface area contributed by atoms with Crippen LogP contribution in [0.4, 0.5) is 13.2 Å². The first-order chi connectivity index (χ1) is 15.6. The molecule has 0 radical (unpaired) electrons. The molecule has 0 aliphatic carbocycles. The lowest BCUT2D eigenvalue weighted by molar-refractivity contribution is 0.0195. The lowest BCUT2D eigenvalue weighted by Crippen LogP contribution is -2.30. The van der Waals surface area contributed by atoms with Gasteiger partial charge in [0.05, 0.1) is 47.3 Å². The number of hydrogen-bond donors (Lipinski definition) is 1. The number of amides is 1. The van der Waals surface area contributed by atoms with Crippen LogP contribution >= 0.6 is 11.6 Å². The fourth-order valence-electron chi connectivity index (χ4n) is 4.33. The van der Waals surface area contributed by atoms with Gasteiger partial charge in [0.2, 0.25) is 0 Å². The number of ether oxygens (including phenoxy) is 1. The van der Waals surface area contributed by atoms with E-state index in [1.807, 2.05) is 13.8 Å². The maximum Gasteiger partial charge on any atom is 0.261 e. The van der Waals surface area contributed by atoms with E-state index in [0.717, 1.165) is 17.3 Å². The summed E-state index contributed by atoms with van der Waals surface area (Å²) >= 11 is 6.28. The lowest BCUT2D eigenvalue weighted by Gasteiger charge is -2.19. The number of fused-ring (bicyclic) bond motifs is 3. The summed E-state index contributed by atoms with van der Waals surface area (Å²) in [6.45, 7) is 3.66. The number of aromatic nitrogens is 3. The minimum absolute atomic E-state index is 0.0207. The van der Waals surface area contributed by atoms with Crippen molar-refractivity contribution in [1.29, 1.82) is 0 Å². The topological polar surface area (TPSA) is 71.8 Å². The molecule has 0 saturated carbocycles. The van der Waals surface area contributed by atoms with E-state index >= 15 is 0 Å². The molecule has 0 spiro atoms. The number of benzene rings is 1. The highest BCUT2D eigenvalue weighted by Crippen LogP contribution is 2.32. The Morgan fingerprint density at radius 1 is 1.33 bits per heavy atom. The number of halogens is 4. The molecule has 3 aromatic rings. The van der Waals surface area contributed by atoms with Gasteiger partial charge in [0, 0.05) is 24.1 Å². The summed E-state index contributed by atoms with van der Waals surface area (Å²) in [7, 11) is 0. The Labute approximate surface area is 192 Å². The smallest absolute Gasteiger partial charge is 0.261 e. The molecule has 0 bridgehead atoms. The Morgan fingerprint density at radius 2 is 2.12 bits per heavy atom. The van der Waals surface area contributed by atoms with E-state index in [4.69, 9.17) is 16.3 Å². The molecule has 2 aromatic heterocycles. The summed E-state index contributed by atoms with van der Waals surface area (Å²) in [6.07, 6.45) is -0.372. The van der Waals surface area contributed by atoms with Crippen LogP contribution in [0.2, 0.25) is 5.02 Å². The predicted molar refractivity (Wildman–Crippen MR) is 114 cm³/mol. The van der Waals surface area contributed by atoms with E-state index in [1.165, 1.54) is 12.1 Å². The molecule has 11 heteroatoms. The molecule has 1 aromatic carbocycles. The van der Waals surface area contributed by atoms with Crippen molar-refractivity contribution in [1.82, 2.24) is 24.8 Å². The largest absolute Gasteiger partial charge is 0.491 e. The van der Waals surface area contributed by atoms with Gasteiger partial charge in [0.25, 0.3) is 11.8 Å². The van der Waals surface area contributed by atoms with E-state index in [9.17, 15) is 18.0 Å². The maximum atomic E-state index is 13.9. The number of nitrogens with one attached hydrogen (secondary N) is 1. The van der Waals surface area contributed by atoms with Crippen LogP contribution in [0.15, 0.2) is 18.2 Å². The Morgan fingerprint density at radius 3 is 2.85 bits per heavy atom. The van der Waals surface area contributed by atoms with E-state index in [1.54, 1.807) is 9.42 Å². The van der Waals surface area contributed by atoms with Crippen LogP contribution in [-0.4, -0.2) is 50.5 Å². The van der Waals surface area contributed by atoms with Crippen molar-refractivity contribution in [3.8, 4) is 5.75 Å². The van der Waals surface area contributed by atoms with Gasteiger partial charge in [0.15, 0.2) is 5.65 Å². The van der Waals surface area contributed by atoms with E-state index in [-0.39, 0.29) is 43.3 Å². The van der Waals surface area contributed by atoms with Crippen molar-refractivity contribution < 1.29 is 22.7 Å². The van der Waals surface area contributed by atoms with Gasteiger partial charge in [-0.05, 0) is 26.0 Å². The predicted octanol–water partition coefficient (Wildman–Crippen LogP) is 3.67. The van der Waals surface area contributed by atoms with Crippen LogP contribution in [0.25, 0.3) is 5.65 Å². The number of nitrogens with zero attached hydrogens (tertiary/aromatic N) is 4. The van der Waals surface area contributed by atoms with Crippen LogP contribution in [0.1, 0.15) is 39.4 Å². The van der Waals surface area contributed by atoms with Crippen LogP contribution in [0, 0.1) is 19.7 Å². The summed E-state index contributed by atoms with van der Waals surface area (Å²) in [5.74, 6) is -3.73. The summed E-state index contributed by atoms with van der Waals surface area (Å²) in [5, 5.41) is 7.79. The Kier molecular flexibility index (Phi) is 5.24. The molecule has 33 heavy (non-hydrogen) atoms. The van der Waals surface area contributed by atoms with E-state index in [2.05, 4.69) is 15.4 Å². The van der Waals surface area contributed by atoms with Gasteiger partial charge in [0.1, 0.15) is 18.2 Å². The van der Waals surface area contributed by atoms with Gasteiger partial charge >= 0.3 is 0 Å². The highest BCUT2D eigenvalue weighted by atomic mass is 35.5. The zero-order valence-corrected chi connectivity index (χ0v) is 18.7. The van der Waals surface area contributed by atoms with Crippen LogP contribution in [0.5, 0.6) is 5.75 Å². The van der Waals surface area contributed by atoms with Gasteiger partial charge in [-0.1, -0.05) is 11.6 Å². The third kappa shape index (κ3) is 3.91. The highest BCUT2D eigenvalue weighted by Gasteiger charge is 2.39. The Hall–Kier alpha value is -2.85. The monoisotopic (exact) mass is 479 g/mol. The quantitative estimate of drug-likeness (QED) is 0.618. The second kappa shape index (κ2) is 7.88. The standard InChI is InChI=1S/C22H21ClF3N5O2/c1-11-19(23)12(2)31-20(28-11)16-7-30(8-17(16)29-31)21(32)15-4-3-13(24)5-18(15)33-9-14-6-22(25,26)10-27-14/h3-5,14,27H,6-10H2,1-2H3/t14-/m1/s1. The van der Waals surface area contributed by atoms with Crippen molar-refractivity contribution in [3.63, 3.8) is 0 Å². The Balaban J connectivity index is 1.37. The van der Waals surface area contributed by atoms with Crippen molar-refractivity contribution in [2.24, 2.45) is 0 Å². The summed E-state index contributed by atoms with van der Waals surface area (Å²) in [4.78, 5) is 19.4. The molecule has 2 aliphatic heterocycles. The molecule has 0 unspecified atom stereocenters. The van der Waals surface area contributed by atoms with Gasteiger partial charge < -0.3 is 15.0 Å². The second-order valence-electron chi connectivity index (χ2n) is 8.51. The maximum absolute atomic E-state index is 13.9. The molecule has 5 rings (SSSR count). The van der Waals surface area contributed by atoms with Gasteiger partial charge in [-0.2, -0.15) is 5.10 Å². The van der Waals surface area contributed by atoms with Gasteiger partial charge in [-0.3, -0.25) is 4.79 Å². The number of rotatable bonds is 4. The van der Waals surface area contributed by atoms with E-state index in [0.29, 0.717) is 22.1 Å². The fourth-order valence-corrected chi connectivity index (χ4v) is 4.45. The summed E-state index contributed by atoms with van der Waals surface area (Å²) < 4.78 is 48.0. The van der Waals surface area contributed by atoms with Crippen LogP contribution in [0.3, 0.4) is 0 Å². The van der Waals surface area contributed by atoms with Crippen LogP contribution < -0.4 is 10.1 Å². The Bertz CT molecular complexity index is 1280. The number of hydrogen-bond acceptors (Lipinski definition) is 5. The number of carbonyl (C=O) groups is 1.